The van der Waals surface area contributed by atoms with E-state index in [9.17, 15) is 4.79 Å². The fourth-order valence-corrected chi connectivity index (χ4v) is 1.32. The molecule has 0 heterocycles. The Bertz CT molecular complexity index is 380. The number of benzene rings is 1. The number of ether oxygens (including phenoxy) is 2. The van der Waals surface area contributed by atoms with Crippen LogP contribution in [-0.2, 0) is 9.53 Å². The molecule has 17 heavy (non-hydrogen) atoms. The number of nitrogen functional groups attached to an aromatic ring is 1. The van der Waals surface area contributed by atoms with E-state index in [2.05, 4.69) is 5.32 Å². The molecule has 1 aromatic carbocycles. The third-order valence-corrected chi connectivity index (χ3v) is 2.08. The molecule has 1 rings (SSSR count). The molecule has 3 N–H and O–H groups in total. The van der Waals surface area contributed by atoms with Crippen molar-refractivity contribution in [2.45, 2.75) is 13.3 Å². The molecule has 5 nitrogen and oxygen atoms in total. The summed E-state index contributed by atoms with van der Waals surface area (Å²) in [6.45, 7) is 2.59. The minimum Gasteiger partial charge on any atom is -0.495 e. The highest BCUT2D eigenvalue weighted by atomic mass is 16.5. The van der Waals surface area contributed by atoms with E-state index in [4.69, 9.17) is 15.2 Å². The second kappa shape index (κ2) is 6.75. The van der Waals surface area contributed by atoms with Crippen molar-refractivity contribution in [2.24, 2.45) is 0 Å². The summed E-state index contributed by atoms with van der Waals surface area (Å²) < 4.78 is 10.3. The third kappa shape index (κ3) is 4.32. The fourth-order valence-electron chi connectivity index (χ4n) is 1.32. The van der Waals surface area contributed by atoms with Gasteiger partial charge in [0.1, 0.15) is 12.4 Å². The van der Waals surface area contributed by atoms with Crippen LogP contribution < -0.4 is 15.8 Å². The van der Waals surface area contributed by atoms with E-state index in [1.807, 2.05) is 6.92 Å². The average Bonchev–Trinajstić information content (AvgIpc) is 2.29. The molecule has 0 fully saturated rings. The molecule has 1 aromatic rings. The lowest BCUT2D eigenvalue weighted by molar-refractivity contribution is -0.120. The second-order valence-electron chi connectivity index (χ2n) is 3.56. The molecule has 0 atom stereocenters. The average molecular weight is 238 g/mol. The van der Waals surface area contributed by atoms with E-state index in [-0.39, 0.29) is 12.5 Å². The van der Waals surface area contributed by atoms with Crippen LogP contribution in [0, 0.1) is 0 Å². The Morgan fingerprint density at radius 1 is 1.47 bits per heavy atom. The Balaban J connectivity index is 2.60. The quantitative estimate of drug-likeness (QED) is 0.583. The lowest BCUT2D eigenvalue weighted by atomic mass is 10.2. The molecule has 5 heteroatoms. The van der Waals surface area contributed by atoms with Gasteiger partial charge in [-0.15, -0.1) is 0 Å². The summed E-state index contributed by atoms with van der Waals surface area (Å²) in [6, 6.07) is 5.07. The van der Waals surface area contributed by atoms with Crippen LogP contribution in [0.1, 0.15) is 13.3 Å². The smallest absolute Gasteiger partial charge is 0.250 e. The van der Waals surface area contributed by atoms with Crippen molar-refractivity contribution in [3.8, 4) is 5.75 Å². The molecule has 0 saturated carbocycles. The number of nitrogens with one attached hydrogen (secondary N) is 1. The van der Waals surface area contributed by atoms with Crippen molar-refractivity contribution in [2.75, 3.05) is 31.4 Å². The van der Waals surface area contributed by atoms with Crippen molar-refractivity contribution in [1.82, 2.24) is 0 Å². The standard InChI is InChI=1S/C12H18N2O3/c1-3-6-17-8-12(15)14-10-7-9(13)4-5-11(10)16-2/h4-5,7H,3,6,8,13H2,1-2H3,(H,14,15). The van der Waals surface area contributed by atoms with Gasteiger partial charge in [-0.1, -0.05) is 6.92 Å². The van der Waals surface area contributed by atoms with Crippen molar-refractivity contribution < 1.29 is 14.3 Å². The second-order valence-corrected chi connectivity index (χ2v) is 3.56. The highest BCUT2D eigenvalue weighted by Crippen LogP contribution is 2.26. The van der Waals surface area contributed by atoms with Crippen LogP contribution in [0.5, 0.6) is 5.75 Å². The van der Waals surface area contributed by atoms with E-state index >= 15 is 0 Å². The summed E-state index contributed by atoms with van der Waals surface area (Å²) in [7, 11) is 1.54. The lowest BCUT2D eigenvalue weighted by Crippen LogP contribution is -2.19. The van der Waals surface area contributed by atoms with Gasteiger partial charge in [-0.3, -0.25) is 4.79 Å². The molecule has 0 aliphatic carbocycles. The maximum absolute atomic E-state index is 11.5. The first-order valence-electron chi connectivity index (χ1n) is 5.48. The highest BCUT2D eigenvalue weighted by Gasteiger charge is 2.07. The first kappa shape index (κ1) is 13.3. The van der Waals surface area contributed by atoms with Crippen molar-refractivity contribution in [1.29, 1.82) is 0 Å². The molecule has 0 aliphatic heterocycles. The Labute approximate surface area is 101 Å². The topological polar surface area (TPSA) is 73.6 Å². The molecule has 0 radical (unpaired) electrons. The Kier molecular flexibility index (Phi) is 5.29. The molecular weight excluding hydrogens is 220 g/mol. The van der Waals surface area contributed by atoms with E-state index in [1.165, 1.54) is 7.11 Å². The van der Waals surface area contributed by atoms with Crippen molar-refractivity contribution >= 4 is 17.3 Å². The van der Waals surface area contributed by atoms with Gasteiger partial charge < -0.3 is 20.5 Å². The first-order valence-corrected chi connectivity index (χ1v) is 5.48. The van der Waals surface area contributed by atoms with E-state index in [1.54, 1.807) is 18.2 Å². The zero-order chi connectivity index (χ0) is 12.7. The van der Waals surface area contributed by atoms with Crippen LogP contribution in [-0.4, -0.2) is 26.2 Å². The summed E-state index contributed by atoms with van der Waals surface area (Å²) >= 11 is 0. The number of carbonyl (C=O) groups is 1. The summed E-state index contributed by atoms with van der Waals surface area (Å²) in [5, 5.41) is 2.69. The summed E-state index contributed by atoms with van der Waals surface area (Å²) in [5.41, 5.74) is 6.76. The predicted molar refractivity (Wildman–Crippen MR) is 67.1 cm³/mol. The van der Waals surface area contributed by atoms with E-state index in [0.717, 1.165) is 6.42 Å². The molecule has 0 bridgehead atoms. The number of amides is 1. The van der Waals surface area contributed by atoms with Crippen molar-refractivity contribution in [3.63, 3.8) is 0 Å². The van der Waals surface area contributed by atoms with Gasteiger partial charge in [-0.2, -0.15) is 0 Å². The molecule has 0 saturated heterocycles. The van der Waals surface area contributed by atoms with Gasteiger partial charge >= 0.3 is 0 Å². The van der Waals surface area contributed by atoms with Gasteiger partial charge in [0.25, 0.3) is 0 Å². The first-order chi connectivity index (χ1) is 8.17. The number of rotatable bonds is 6. The number of hydrogen-bond donors (Lipinski definition) is 2. The van der Waals surface area contributed by atoms with Gasteiger partial charge in [0.15, 0.2) is 0 Å². The Hall–Kier alpha value is -1.75. The zero-order valence-electron chi connectivity index (χ0n) is 10.2. The van der Waals surface area contributed by atoms with Gasteiger partial charge in [0.05, 0.1) is 12.8 Å². The molecular formula is C12H18N2O3. The van der Waals surface area contributed by atoms with Crippen LogP contribution in [0.25, 0.3) is 0 Å². The molecule has 94 valence electrons. The van der Waals surface area contributed by atoms with Crippen LogP contribution in [0.2, 0.25) is 0 Å². The zero-order valence-corrected chi connectivity index (χ0v) is 10.2. The van der Waals surface area contributed by atoms with Crippen molar-refractivity contribution in [3.05, 3.63) is 18.2 Å². The number of anilines is 2. The maximum Gasteiger partial charge on any atom is 0.250 e. The molecule has 0 spiro atoms. The molecule has 0 aliphatic rings. The number of methoxy groups -OCH3 is 1. The van der Waals surface area contributed by atoms with Gasteiger partial charge in [0.2, 0.25) is 5.91 Å². The minimum absolute atomic E-state index is 0.0335. The SMILES string of the molecule is CCCOCC(=O)Nc1cc(N)ccc1OC. The predicted octanol–water partition coefficient (Wildman–Crippen LogP) is 1.64. The summed E-state index contributed by atoms with van der Waals surface area (Å²) in [6.07, 6.45) is 0.884. The minimum atomic E-state index is -0.220. The third-order valence-electron chi connectivity index (χ3n) is 2.08. The van der Waals surface area contributed by atoms with E-state index in [0.29, 0.717) is 23.7 Å². The maximum atomic E-state index is 11.5. The van der Waals surface area contributed by atoms with Gasteiger partial charge in [0, 0.05) is 12.3 Å². The number of nitrogens with two attached hydrogens (primary N) is 1. The van der Waals surface area contributed by atoms with Crippen LogP contribution in [0.4, 0.5) is 11.4 Å². The van der Waals surface area contributed by atoms with Crippen LogP contribution >= 0.6 is 0 Å². The molecule has 0 unspecified atom stereocenters. The van der Waals surface area contributed by atoms with E-state index < -0.39 is 0 Å². The Morgan fingerprint density at radius 3 is 2.88 bits per heavy atom. The summed E-state index contributed by atoms with van der Waals surface area (Å²) in [5.74, 6) is 0.352. The monoisotopic (exact) mass is 238 g/mol. The number of hydrogen-bond acceptors (Lipinski definition) is 4. The molecule has 1 amide bonds. The lowest BCUT2D eigenvalue weighted by Gasteiger charge is -2.10. The summed E-state index contributed by atoms with van der Waals surface area (Å²) in [4.78, 5) is 11.5. The van der Waals surface area contributed by atoms with Crippen LogP contribution in [0.3, 0.4) is 0 Å². The fraction of sp³-hybridized carbons (Fsp3) is 0.417. The Morgan fingerprint density at radius 2 is 2.24 bits per heavy atom. The highest BCUT2D eigenvalue weighted by molar-refractivity contribution is 5.93. The number of carbonyl (C=O) groups excluding carboxylic acids is 1. The largest absolute Gasteiger partial charge is 0.495 e. The van der Waals surface area contributed by atoms with Gasteiger partial charge in [-0.05, 0) is 24.6 Å². The normalized spacial score (nSPS) is 10.0. The molecule has 0 aromatic heterocycles. The van der Waals surface area contributed by atoms with Crippen LogP contribution in [0.15, 0.2) is 18.2 Å². The van der Waals surface area contributed by atoms with Gasteiger partial charge in [-0.25, -0.2) is 0 Å².